The van der Waals surface area contributed by atoms with Crippen molar-refractivity contribution in [1.29, 1.82) is 0 Å². The highest BCUT2D eigenvalue weighted by molar-refractivity contribution is 5.68. The molecule has 27 heavy (non-hydrogen) atoms. The molecule has 2 atom stereocenters. The fourth-order valence-corrected chi connectivity index (χ4v) is 4.26. The van der Waals surface area contributed by atoms with Crippen LogP contribution in [0.25, 0.3) is 0 Å². The summed E-state index contributed by atoms with van der Waals surface area (Å²) in [6.45, 7) is 1.000. The van der Waals surface area contributed by atoms with Gasteiger partial charge in [0.15, 0.2) is 11.6 Å². The molecule has 3 rings (SSSR count). The summed E-state index contributed by atoms with van der Waals surface area (Å²) < 4.78 is 38.4. The van der Waals surface area contributed by atoms with E-state index in [2.05, 4.69) is 0 Å². The van der Waals surface area contributed by atoms with Gasteiger partial charge in [0, 0.05) is 12.6 Å². The van der Waals surface area contributed by atoms with Crippen molar-refractivity contribution in [3.05, 3.63) is 35.4 Å². The Morgan fingerprint density at radius 1 is 1.22 bits per heavy atom. The largest absolute Gasteiger partial charge is 0.453 e. The van der Waals surface area contributed by atoms with E-state index in [-0.39, 0.29) is 30.2 Å². The minimum absolute atomic E-state index is 0.0176. The number of carbonyl (C=O) groups is 1. The monoisotopic (exact) mass is 382 g/mol. The first-order valence-electron chi connectivity index (χ1n) is 9.67. The molecule has 1 aromatic carbocycles. The zero-order chi connectivity index (χ0) is 19.4. The van der Waals surface area contributed by atoms with E-state index >= 15 is 0 Å². The molecule has 150 valence electrons. The summed E-state index contributed by atoms with van der Waals surface area (Å²) in [7, 11) is 1.37. The van der Waals surface area contributed by atoms with Crippen LogP contribution in [0, 0.1) is 11.6 Å². The van der Waals surface area contributed by atoms with Crippen molar-refractivity contribution in [2.75, 3.05) is 20.3 Å². The van der Waals surface area contributed by atoms with Gasteiger partial charge in [-0.05, 0) is 56.1 Å². The molecule has 0 unspecified atom stereocenters. The van der Waals surface area contributed by atoms with Gasteiger partial charge < -0.3 is 20.1 Å². The number of benzene rings is 1. The number of nitrogens with two attached hydrogens (primary N) is 1. The Morgan fingerprint density at radius 3 is 2.67 bits per heavy atom. The van der Waals surface area contributed by atoms with Crippen LogP contribution in [-0.4, -0.2) is 49.4 Å². The van der Waals surface area contributed by atoms with E-state index in [0.29, 0.717) is 18.7 Å². The molecular weight excluding hydrogens is 354 g/mol. The Kier molecular flexibility index (Phi) is 6.65. The van der Waals surface area contributed by atoms with Gasteiger partial charge in [0.05, 0.1) is 25.9 Å². The van der Waals surface area contributed by atoms with Crippen LogP contribution in [0.1, 0.15) is 50.0 Å². The highest BCUT2D eigenvalue weighted by Crippen LogP contribution is 2.36. The molecule has 2 N–H and O–H groups in total. The average Bonchev–Trinajstić information content (AvgIpc) is 2.69. The SMILES string of the molecule is COC(=O)N1CCC[C@H](N)[C@@H]1CO[C@H]1CC[C@@H](c2cccc(F)c2F)CC1. The summed E-state index contributed by atoms with van der Waals surface area (Å²) in [5.74, 6) is -1.51. The standard InChI is InChI=1S/C20H28F2N2O3/c1-26-20(25)24-11-3-6-17(23)18(24)12-27-14-9-7-13(8-10-14)15-4-2-5-16(21)19(15)22/h2,4-5,13-14,17-18H,3,6-12,23H2,1H3/t13-,14+,17-,18-/m0/s1. The predicted molar refractivity (Wildman–Crippen MR) is 97.4 cm³/mol. The molecule has 1 heterocycles. The molecule has 0 bridgehead atoms. The molecule has 7 heteroatoms. The molecule has 1 aliphatic heterocycles. The first-order valence-corrected chi connectivity index (χ1v) is 9.67. The number of rotatable bonds is 4. The number of halogens is 2. The highest BCUT2D eigenvalue weighted by atomic mass is 19.2. The number of likely N-dealkylation sites (tertiary alicyclic amines) is 1. The number of methoxy groups -OCH3 is 1. The maximum Gasteiger partial charge on any atom is 0.409 e. The molecule has 0 spiro atoms. The zero-order valence-corrected chi connectivity index (χ0v) is 15.7. The number of nitrogens with zero attached hydrogens (tertiary/aromatic N) is 1. The normalized spacial score (nSPS) is 28.8. The van der Waals surface area contributed by atoms with Gasteiger partial charge in [0.1, 0.15) is 0 Å². The average molecular weight is 382 g/mol. The topological polar surface area (TPSA) is 64.8 Å². The van der Waals surface area contributed by atoms with Crippen LogP contribution in [-0.2, 0) is 9.47 Å². The molecule has 2 fully saturated rings. The van der Waals surface area contributed by atoms with E-state index in [1.807, 2.05) is 0 Å². The van der Waals surface area contributed by atoms with Crippen molar-refractivity contribution in [1.82, 2.24) is 4.90 Å². The molecule has 0 aromatic heterocycles. The van der Waals surface area contributed by atoms with Gasteiger partial charge in [0.2, 0.25) is 0 Å². The van der Waals surface area contributed by atoms with Crippen LogP contribution in [0.2, 0.25) is 0 Å². The molecule has 5 nitrogen and oxygen atoms in total. The molecule has 0 radical (unpaired) electrons. The fourth-order valence-electron chi connectivity index (χ4n) is 4.26. The second-order valence-corrected chi connectivity index (χ2v) is 7.49. The third-order valence-corrected chi connectivity index (χ3v) is 5.84. The minimum Gasteiger partial charge on any atom is -0.453 e. The van der Waals surface area contributed by atoms with Crippen LogP contribution >= 0.6 is 0 Å². The van der Waals surface area contributed by atoms with Crippen molar-refractivity contribution in [2.24, 2.45) is 5.73 Å². The van der Waals surface area contributed by atoms with Crippen molar-refractivity contribution in [3.63, 3.8) is 0 Å². The van der Waals surface area contributed by atoms with Gasteiger partial charge >= 0.3 is 6.09 Å². The van der Waals surface area contributed by atoms with E-state index < -0.39 is 11.6 Å². The van der Waals surface area contributed by atoms with Gasteiger partial charge in [-0.3, -0.25) is 0 Å². The maximum atomic E-state index is 14.0. The second-order valence-electron chi connectivity index (χ2n) is 7.49. The molecule has 1 aromatic rings. The van der Waals surface area contributed by atoms with E-state index in [9.17, 15) is 13.6 Å². The molecule has 2 aliphatic rings. The van der Waals surface area contributed by atoms with Gasteiger partial charge in [-0.15, -0.1) is 0 Å². The van der Waals surface area contributed by atoms with Gasteiger partial charge in [-0.1, -0.05) is 12.1 Å². The molecule has 1 saturated heterocycles. The van der Waals surface area contributed by atoms with Crippen LogP contribution in [0.15, 0.2) is 18.2 Å². The summed E-state index contributed by atoms with van der Waals surface area (Å²) in [5.41, 5.74) is 6.66. The Bertz CT molecular complexity index is 650. The molecule has 1 saturated carbocycles. The number of hydrogen-bond donors (Lipinski definition) is 1. The maximum absolute atomic E-state index is 14.0. The predicted octanol–water partition coefficient (Wildman–Crippen LogP) is 3.57. The zero-order valence-electron chi connectivity index (χ0n) is 15.7. The Morgan fingerprint density at radius 2 is 1.96 bits per heavy atom. The molecule has 1 amide bonds. The highest BCUT2D eigenvalue weighted by Gasteiger charge is 2.34. The lowest BCUT2D eigenvalue weighted by Crippen LogP contribution is -2.56. The first kappa shape index (κ1) is 20.0. The lowest BCUT2D eigenvalue weighted by molar-refractivity contribution is -0.0230. The van der Waals surface area contributed by atoms with Crippen molar-refractivity contribution < 1.29 is 23.0 Å². The summed E-state index contributed by atoms with van der Waals surface area (Å²) in [5, 5.41) is 0. The number of carbonyl (C=O) groups excluding carboxylic acids is 1. The van der Waals surface area contributed by atoms with Crippen molar-refractivity contribution in [3.8, 4) is 0 Å². The van der Waals surface area contributed by atoms with E-state index in [1.54, 1.807) is 17.0 Å². The summed E-state index contributed by atoms with van der Waals surface area (Å²) >= 11 is 0. The summed E-state index contributed by atoms with van der Waals surface area (Å²) in [4.78, 5) is 13.6. The number of piperidine rings is 1. The van der Waals surface area contributed by atoms with Gasteiger partial charge in [-0.2, -0.15) is 0 Å². The second kappa shape index (κ2) is 8.97. The smallest absolute Gasteiger partial charge is 0.409 e. The minimum atomic E-state index is -0.792. The number of amides is 1. The van der Waals surface area contributed by atoms with Gasteiger partial charge in [-0.25, -0.2) is 13.6 Å². The number of ether oxygens (including phenoxy) is 2. The van der Waals surface area contributed by atoms with Gasteiger partial charge in [0.25, 0.3) is 0 Å². The molecular formula is C20H28F2N2O3. The lowest BCUT2D eigenvalue weighted by atomic mass is 9.82. The Balaban J connectivity index is 1.53. The molecule has 1 aliphatic carbocycles. The van der Waals surface area contributed by atoms with E-state index in [4.69, 9.17) is 15.2 Å². The Hall–Kier alpha value is -1.73. The quantitative estimate of drug-likeness (QED) is 0.865. The Labute approximate surface area is 158 Å². The van der Waals surface area contributed by atoms with Crippen LogP contribution in [0.5, 0.6) is 0 Å². The third kappa shape index (κ3) is 4.58. The third-order valence-electron chi connectivity index (χ3n) is 5.84. The fraction of sp³-hybridized carbons (Fsp3) is 0.650. The summed E-state index contributed by atoms with van der Waals surface area (Å²) in [6, 6.07) is 4.05. The van der Waals surface area contributed by atoms with E-state index in [1.165, 1.54) is 7.11 Å². The first-order chi connectivity index (χ1) is 13.0. The summed E-state index contributed by atoms with van der Waals surface area (Å²) in [6.07, 6.45) is 4.45. The van der Waals surface area contributed by atoms with Crippen LogP contribution in [0.3, 0.4) is 0 Å². The van der Waals surface area contributed by atoms with E-state index in [0.717, 1.165) is 44.6 Å². The van der Waals surface area contributed by atoms with Crippen LogP contribution in [0.4, 0.5) is 13.6 Å². The van der Waals surface area contributed by atoms with Crippen molar-refractivity contribution in [2.45, 2.75) is 62.6 Å². The number of hydrogen-bond acceptors (Lipinski definition) is 4. The lowest BCUT2D eigenvalue weighted by Gasteiger charge is -2.39. The van der Waals surface area contributed by atoms with Crippen LogP contribution < -0.4 is 5.73 Å². The van der Waals surface area contributed by atoms with Crippen molar-refractivity contribution >= 4 is 6.09 Å².